The molecule has 0 amide bonds. The van der Waals surface area contributed by atoms with Gasteiger partial charge in [-0.25, -0.2) is 8.42 Å². The maximum Gasteiger partial charge on any atom is 0.467 e. The lowest BCUT2D eigenvalue weighted by Gasteiger charge is -2.14. The Bertz CT molecular complexity index is 1670. The molecule has 0 saturated heterocycles. The van der Waals surface area contributed by atoms with Crippen LogP contribution in [0.25, 0.3) is 4.98 Å². The van der Waals surface area contributed by atoms with Gasteiger partial charge < -0.3 is 28.6 Å². The summed E-state index contributed by atoms with van der Waals surface area (Å²) in [5, 5.41) is 19.6. The van der Waals surface area contributed by atoms with Gasteiger partial charge in [0.2, 0.25) is 16.9 Å². The van der Waals surface area contributed by atoms with Crippen molar-refractivity contribution in [3.05, 3.63) is 70.7 Å². The first kappa shape index (κ1) is 47.8. The zero-order chi connectivity index (χ0) is 41.0. The molecule has 0 saturated carbocycles. The van der Waals surface area contributed by atoms with E-state index in [0.29, 0.717) is 37.0 Å². The highest BCUT2D eigenvalue weighted by atomic mass is 32.2. The maximum atomic E-state index is 12.2. The Hall–Kier alpha value is -4.34. The van der Waals surface area contributed by atoms with Crippen LogP contribution in [0.4, 0.5) is 5.69 Å². The average Bonchev–Trinajstić information content (AvgIpc) is 3.19. The summed E-state index contributed by atoms with van der Waals surface area (Å²) < 4.78 is 56.5. The van der Waals surface area contributed by atoms with Crippen molar-refractivity contribution in [3.63, 3.8) is 0 Å². The number of carbonyl (C=O) groups is 1. The maximum absolute atomic E-state index is 12.2. The van der Waals surface area contributed by atoms with E-state index < -0.39 is 26.5 Å². The number of ether oxygens (including phenoxy) is 4. The number of unbranched alkanes of at least 4 members (excludes halogenated alkanes) is 15. The number of aromatic hydroxyl groups is 1. The fourth-order valence-electron chi connectivity index (χ4n) is 5.99. The summed E-state index contributed by atoms with van der Waals surface area (Å²) in [5.74, 6) is 0.432. The molecule has 3 aromatic rings. The van der Waals surface area contributed by atoms with E-state index in [1.54, 1.807) is 18.2 Å². The molecule has 0 bridgehead atoms. The Kier molecular flexibility index (Phi) is 24.0. The van der Waals surface area contributed by atoms with E-state index in [0.717, 1.165) is 57.1 Å². The number of nitrogens with zero attached hydrogens (tertiary/aromatic N) is 2. The molecule has 0 aliphatic rings. The van der Waals surface area contributed by atoms with E-state index >= 15 is 0 Å². The number of phenolic OH excluding ortho intramolecular Hbond substituents is 1. The van der Waals surface area contributed by atoms with Gasteiger partial charge in [0, 0.05) is 23.8 Å². The minimum absolute atomic E-state index is 0.257. The van der Waals surface area contributed by atoms with Gasteiger partial charge >= 0.3 is 5.69 Å². The molecule has 1 N–H and O–H groups in total. The third-order valence-electron chi connectivity index (χ3n) is 9.22. The SMILES string of the molecule is CCCCCCCCOc1cc(OCCCCCCCC)c([N+]#N)c(OCCCCCCCC)c1.COc1cc(O)c(C(=O)c2ccccc2)cc1S(=O)(=O)[O-]. The summed E-state index contributed by atoms with van der Waals surface area (Å²) in [4.78, 5) is 15.1. The second kappa shape index (κ2) is 28.1. The highest BCUT2D eigenvalue weighted by Gasteiger charge is 2.26. The van der Waals surface area contributed by atoms with Crippen LogP contribution in [0.3, 0.4) is 0 Å². The molecule has 0 radical (unpaired) electrons. The molecule has 0 fully saturated rings. The largest absolute Gasteiger partial charge is 0.744 e. The van der Waals surface area contributed by atoms with Gasteiger partial charge in [-0.15, -0.1) is 0 Å². The molecule has 0 heterocycles. The van der Waals surface area contributed by atoms with Crippen LogP contribution in [0.15, 0.2) is 59.5 Å². The van der Waals surface area contributed by atoms with Crippen molar-refractivity contribution in [3.8, 4) is 28.7 Å². The summed E-state index contributed by atoms with van der Waals surface area (Å²) in [7, 11) is -3.68. The van der Waals surface area contributed by atoms with Crippen LogP contribution in [0.5, 0.6) is 28.7 Å². The number of ketones is 1. The van der Waals surface area contributed by atoms with Gasteiger partial charge in [-0.3, -0.25) is 4.79 Å². The van der Waals surface area contributed by atoms with Gasteiger partial charge in [0.1, 0.15) is 27.4 Å². The topological polar surface area (TPSA) is 160 Å². The fraction of sp³-hybridized carbons (Fsp3) is 0.568. The number of carbonyl (C=O) groups excluding carboxylic acids is 1. The Labute approximate surface area is 335 Å². The van der Waals surface area contributed by atoms with Crippen molar-refractivity contribution >= 4 is 21.6 Å². The summed E-state index contributed by atoms with van der Waals surface area (Å²) in [6, 6.07) is 13.4. The van der Waals surface area contributed by atoms with Crippen molar-refractivity contribution in [1.29, 1.82) is 5.39 Å². The Morgan fingerprint density at radius 1 is 0.661 bits per heavy atom. The van der Waals surface area contributed by atoms with Crippen LogP contribution in [0, 0.1) is 5.39 Å². The number of rotatable bonds is 28. The Balaban J connectivity index is 0.000000436. The molecule has 0 aliphatic carbocycles. The predicted octanol–water partition coefficient (Wildman–Crippen LogP) is 11.9. The van der Waals surface area contributed by atoms with Crippen LogP contribution < -0.4 is 18.9 Å². The molecule has 0 atom stereocenters. The molecule has 0 unspecified atom stereocenters. The van der Waals surface area contributed by atoms with E-state index in [4.69, 9.17) is 18.9 Å². The minimum Gasteiger partial charge on any atom is -0.744 e. The minimum atomic E-state index is -4.84. The first-order valence-corrected chi connectivity index (χ1v) is 21.9. The molecular formula is C44H64N2O9S. The standard InChI is InChI=1S/C30H53N2O3.C14H12O6S/c1-4-7-10-13-16-19-22-33-27-25-28(34-23-20-17-14-11-8-5-2)30(32-31)29(26-27)35-24-21-18-15-12-9-6-3;1-20-12-8-11(15)10(7-13(12)21(17,18)19)14(16)9-5-3-2-4-6-9/h25-26H,4-24H2,1-3H3;2-8,15H,1H3,(H,17,18,19)/q+1;/p-1. The highest BCUT2D eigenvalue weighted by molar-refractivity contribution is 7.85. The predicted molar refractivity (Wildman–Crippen MR) is 220 cm³/mol. The van der Waals surface area contributed by atoms with Crippen molar-refractivity contribution in [2.75, 3.05) is 26.9 Å². The van der Waals surface area contributed by atoms with Crippen LogP contribution in [0.1, 0.15) is 152 Å². The van der Waals surface area contributed by atoms with Crippen LogP contribution in [-0.2, 0) is 10.1 Å². The quantitative estimate of drug-likeness (QED) is 0.0324. The van der Waals surface area contributed by atoms with E-state index in [-0.39, 0.29) is 16.9 Å². The highest BCUT2D eigenvalue weighted by Crippen LogP contribution is 2.42. The van der Waals surface area contributed by atoms with E-state index in [9.17, 15) is 28.3 Å². The molecule has 56 heavy (non-hydrogen) atoms. The van der Waals surface area contributed by atoms with Crippen LogP contribution in [-0.4, -0.2) is 50.8 Å². The monoisotopic (exact) mass is 796 g/mol. The molecule has 0 aromatic heterocycles. The zero-order valence-corrected chi connectivity index (χ0v) is 34.9. The van der Waals surface area contributed by atoms with Crippen molar-refractivity contribution in [1.82, 2.24) is 0 Å². The molecule has 11 nitrogen and oxygen atoms in total. The lowest BCUT2D eigenvalue weighted by Crippen LogP contribution is -2.07. The van der Waals surface area contributed by atoms with Gasteiger partial charge in [0.05, 0.1) is 37.4 Å². The van der Waals surface area contributed by atoms with Crippen molar-refractivity contribution < 1.29 is 41.8 Å². The smallest absolute Gasteiger partial charge is 0.467 e. The molecule has 3 rings (SSSR count). The first-order valence-electron chi connectivity index (χ1n) is 20.5. The molecule has 0 spiro atoms. The number of benzene rings is 3. The molecule has 0 aliphatic heterocycles. The van der Waals surface area contributed by atoms with Gasteiger partial charge in [-0.1, -0.05) is 147 Å². The number of hydrogen-bond donors (Lipinski definition) is 1. The Morgan fingerprint density at radius 3 is 1.54 bits per heavy atom. The third-order valence-corrected chi connectivity index (χ3v) is 10.1. The lowest BCUT2D eigenvalue weighted by atomic mass is 10.0. The summed E-state index contributed by atoms with van der Waals surface area (Å²) in [5.41, 5.74) is 0.345. The lowest BCUT2D eigenvalue weighted by molar-refractivity contribution is 0.103. The summed E-state index contributed by atoms with van der Waals surface area (Å²) >= 11 is 0. The number of diazo groups is 1. The third kappa shape index (κ3) is 18.1. The van der Waals surface area contributed by atoms with Crippen LogP contribution in [0.2, 0.25) is 0 Å². The Morgan fingerprint density at radius 2 is 1.11 bits per heavy atom. The normalized spacial score (nSPS) is 10.9. The molecular weight excluding hydrogens is 733 g/mol. The first-order chi connectivity index (χ1) is 27.1. The number of phenols is 1. The molecule has 3 aromatic carbocycles. The zero-order valence-electron chi connectivity index (χ0n) is 34.1. The average molecular weight is 797 g/mol. The summed E-state index contributed by atoms with van der Waals surface area (Å²) in [6.45, 7) is 8.59. The van der Waals surface area contributed by atoms with Gasteiger partial charge in [-0.05, 0) is 25.3 Å². The number of methoxy groups -OCH3 is 1. The van der Waals surface area contributed by atoms with Gasteiger partial charge in [0.25, 0.3) is 0 Å². The van der Waals surface area contributed by atoms with E-state index in [1.807, 2.05) is 12.1 Å². The van der Waals surface area contributed by atoms with E-state index in [2.05, 4.69) is 25.7 Å². The molecule has 12 heteroatoms. The van der Waals surface area contributed by atoms with Gasteiger partial charge in [-0.2, -0.15) is 0 Å². The van der Waals surface area contributed by atoms with Crippen molar-refractivity contribution in [2.45, 2.75) is 141 Å². The molecule has 310 valence electrons. The van der Waals surface area contributed by atoms with Crippen LogP contribution >= 0.6 is 0 Å². The van der Waals surface area contributed by atoms with E-state index in [1.165, 1.54) is 95.6 Å². The second-order valence-electron chi connectivity index (χ2n) is 13.9. The second-order valence-corrected chi connectivity index (χ2v) is 15.2. The van der Waals surface area contributed by atoms with Crippen molar-refractivity contribution in [2.24, 2.45) is 0 Å². The summed E-state index contributed by atoms with van der Waals surface area (Å²) in [6.07, 6.45) is 21.8. The van der Waals surface area contributed by atoms with Gasteiger partial charge in [0.15, 0.2) is 10.8 Å². The fourth-order valence-corrected chi connectivity index (χ4v) is 6.64. The number of hydrogen-bond acceptors (Lipinski definition) is 10.